The molecule has 30 heavy (non-hydrogen) atoms. The van der Waals surface area contributed by atoms with Gasteiger partial charge in [-0.3, -0.25) is 9.59 Å². The first-order valence-corrected chi connectivity index (χ1v) is 11.1. The number of rotatable bonds is 4. The van der Waals surface area contributed by atoms with Crippen LogP contribution < -0.4 is 4.90 Å². The molecule has 1 atom stereocenters. The maximum absolute atomic E-state index is 13.4. The van der Waals surface area contributed by atoms with E-state index in [1.165, 1.54) is 10.5 Å². The molecule has 2 fully saturated rings. The fourth-order valence-corrected chi connectivity index (χ4v) is 5.56. The lowest BCUT2D eigenvalue weighted by Crippen LogP contribution is -3.14. The number of carbonyl (C=O) groups is 2. The fraction of sp³-hybridized carbons (Fsp3) is 0.565. The number of aromatic nitrogens is 1. The van der Waals surface area contributed by atoms with E-state index in [9.17, 15) is 9.59 Å². The van der Waals surface area contributed by atoms with Crippen LogP contribution in [0, 0.1) is 0 Å². The van der Waals surface area contributed by atoms with Crippen LogP contribution >= 0.6 is 0 Å². The summed E-state index contributed by atoms with van der Waals surface area (Å²) in [6, 6.07) is 7.80. The highest BCUT2D eigenvalue weighted by atomic mass is 16.5. The van der Waals surface area contributed by atoms with Crippen LogP contribution in [0.3, 0.4) is 0 Å². The molecule has 1 aromatic carbocycles. The van der Waals surface area contributed by atoms with Crippen LogP contribution in [0.2, 0.25) is 0 Å². The molecule has 7 nitrogen and oxygen atoms in total. The highest BCUT2D eigenvalue weighted by Gasteiger charge is 2.51. The Balaban J connectivity index is 1.37. The lowest BCUT2D eigenvalue weighted by molar-refractivity contribution is -0.908. The van der Waals surface area contributed by atoms with Gasteiger partial charge in [0, 0.05) is 36.0 Å². The van der Waals surface area contributed by atoms with E-state index in [1.807, 2.05) is 17.0 Å². The van der Waals surface area contributed by atoms with Gasteiger partial charge in [0.25, 0.3) is 0 Å². The molecule has 3 aliphatic heterocycles. The van der Waals surface area contributed by atoms with E-state index in [4.69, 9.17) is 4.74 Å². The van der Waals surface area contributed by atoms with Gasteiger partial charge in [0.2, 0.25) is 11.8 Å². The van der Waals surface area contributed by atoms with Crippen molar-refractivity contribution in [1.29, 1.82) is 0 Å². The van der Waals surface area contributed by atoms with E-state index in [0.717, 1.165) is 55.9 Å². The van der Waals surface area contributed by atoms with Gasteiger partial charge >= 0.3 is 0 Å². The molecule has 2 aromatic rings. The molecule has 160 valence electrons. The highest BCUT2D eigenvalue weighted by Crippen LogP contribution is 2.42. The number of amides is 2. The third-order valence-corrected chi connectivity index (χ3v) is 7.09. The van der Waals surface area contributed by atoms with Gasteiger partial charge < -0.3 is 24.4 Å². The summed E-state index contributed by atoms with van der Waals surface area (Å²) >= 11 is 0. The summed E-state index contributed by atoms with van der Waals surface area (Å²) in [7, 11) is 0. The van der Waals surface area contributed by atoms with Gasteiger partial charge in [0.1, 0.15) is 19.1 Å². The molecule has 0 spiro atoms. The van der Waals surface area contributed by atoms with Gasteiger partial charge in [-0.15, -0.1) is 0 Å². The number of para-hydroxylation sites is 1. The first kappa shape index (κ1) is 19.6. The number of carbonyl (C=O) groups excluding carboxylic acids is 2. The number of morpholine rings is 1. The standard InChI is InChI=1S/C23H30N4O3/c1-23(2)21-17(16-6-3-4-7-18(16)24-21)14-19-22(29)26(15-20(28)27(19)23)9-5-8-25-10-12-30-13-11-25/h3-4,6-7,19,24H,5,8-15H2,1-2H3/p+1/t19-/m0/s1. The Labute approximate surface area is 176 Å². The lowest BCUT2D eigenvalue weighted by atomic mass is 9.82. The Morgan fingerprint density at radius 2 is 1.97 bits per heavy atom. The molecule has 1 aromatic heterocycles. The second-order valence-electron chi connectivity index (χ2n) is 9.29. The molecule has 0 bridgehead atoms. The molecule has 2 N–H and O–H groups in total. The van der Waals surface area contributed by atoms with E-state index in [0.29, 0.717) is 13.0 Å². The molecule has 2 saturated heterocycles. The average Bonchev–Trinajstić information content (AvgIpc) is 3.12. The molecule has 0 saturated carbocycles. The summed E-state index contributed by atoms with van der Waals surface area (Å²) in [6.45, 7) is 9.65. The van der Waals surface area contributed by atoms with E-state index in [2.05, 4.69) is 31.0 Å². The number of aromatic amines is 1. The maximum Gasteiger partial charge on any atom is 0.246 e. The Kier molecular flexibility index (Phi) is 4.82. The Morgan fingerprint density at radius 3 is 2.77 bits per heavy atom. The topological polar surface area (TPSA) is 70.1 Å². The van der Waals surface area contributed by atoms with Gasteiger partial charge in [-0.05, 0) is 25.5 Å². The minimum atomic E-state index is -0.534. The number of benzene rings is 1. The van der Waals surface area contributed by atoms with Gasteiger partial charge in [0.15, 0.2) is 0 Å². The van der Waals surface area contributed by atoms with Crippen LogP contribution in [-0.4, -0.2) is 78.6 Å². The zero-order valence-corrected chi connectivity index (χ0v) is 17.9. The Bertz CT molecular complexity index is 976. The van der Waals surface area contributed by atoms with Gasteiger partial charge in [-0.1, -0.05) is 18.2 Å². The zero-order valence-electron chi connectivity index (χ0n) is 17.9. The van der Waals surface area contributed by atoms with Gasteiger partial charge in [0.05, 0.1) is 31.8 Å². The summed E-state index contributed by atoms with van der Waals surface area (Å²) in [6.07, 6.45) is 1.50. The molecule has 2 amide bonds. The molecule has 0 unspecified atom stereocenters. The number of H-pyrrole nitrogens is 1. The number of piperazine rings is 1. The molecule has 0 radical (unpaired) electrons. The van der Waals surface area contributed by atoms with E-state index in [1.54, 1.807) is 4.90 Å². The molecule has 0 aliphatic carbocycles. The minimum absolute atomic E-state index is 0.0487. The summed E-state index contributed by atoms with van der Waals surface area (Å²) < 4.78 is 5.42. The maximum atomic E-state index is 13.4. The number of quaternary nitrogens is 1. The predicted octanol–water partition coefficient (Wildman–Crippen LogP) is 0.304. The van der Waals surface area contributed by atoms with Crippen molar-refractivity contribution in [3.63, 3.8) is 0 Å². The first-order chi connectivity index (χ1) is 14.5. The van der Waals surface area contributed by atoms with Crippen molar-refractivity contribution in [3.05, 3.63) is 35.5 Å². The predicted molar refractivity (Wildman–Crippen MR) is 113 cm³/mol. The average molecular weight is 412 g/mol. The highest BCUT2D eigenvalue weighted by molar-refractivity contribution is 5.97. The third-order valence-electron chi connectivity index (χ3n) is 7.09. The van der Waals surface area contributed by atoms with Crippen molar-refractivity contribution < 1.29 is 19.2 Å². The van der Waals surface area contributed by atoms with Crippen LogP contribution in [0.1, 0.15) is 31.5 Å². The summed E-state index contributed by atoms with van der Waals surface area (Å²) in [5.41, 5.74) is 2.78. The third kappa shape index (κ3) is 3.11. The number of fused-ring (bicyclic) bond motifs is 4. The minimum Gasteiger partial charge on any atom is -0.370 e. The Morgan fingerprint density at radius 1 is 1.20 bits per heavy atom. The van der Waals surface area contributed by atoms with Crippen molar-refractivity contribution in [1.82, 2.24) is 14.8 Å². The summed E-state index contributed by atoms with van der Waals surface area (Å²) in [4.78, 5) is 35.3. The van der Waals surface area contributed by atoms with Crippen molar-refractivity contribution in [3.8, 4) is 0 Å². The van der Waals surface area contributed by atoms with Gasteiger partial charge in [-0.2, -0.15) is 0 Å². The van der Waals surface area contributed by atoms with Crippen LogP contribution in [0.15, 0.2) is 24.3 Å². The zero-order chi connectivity index (χ0) is 20.9. The number of hydrogen-bond acceptors (Lipinski definition) is 3. The lowest BCUT2D eigenvalue weighted by Gasteiger charge is -2.51. The SMILES string of the molecule is CC1(C)c2[nH]c3ccccc3c2C[C@H]2C(=O)N(CCC[NH+]3CCOCC3)CC(=O)N21. The summed E-state index contributed by atoms with van der Waals surface area (Å²) in [5, 5.41) is 1.16. The van der Waals surface area contributed by atoms with Crippen molar-refractivity contribution >= 4 is 22.7 Å². The normalized spacial score (nSPS) is 24.3. The second-order valence-corrected chi connectivity index (χ2v) is 9.29. The molecule has 4 heterocycles. The molecule has 5 rings (SSSR count). The van der Waals surface area contributed by atoms with Crippen LogP contribution in [0.5, 0.6) is 0 Å². The summed E-state index contributed by atoms with van der Waals surface area (Å²) in [5.74, 6) is 0.142. The first-order valence-electron chi connectivity index (χ1n) is 11.1. The number of nitrogens with zero attached hydrogens (tertiary/aromatic N) is 2. The van der Waals surface area contributed by atoms with Crippen LogP contribution in [0.25, 0.3) is 10.9 Å². The smallest absolute Gasteiger partial charge is 0.246 e. The molecular weight excluding hydrogens is 380 g/mol. The van der Waals surface area contributed by atoms with Crippen LogP contribution in [-0.2, 0) is 26.3 Å². The van der Waals surface area contributed by atoms with Crippen molar-refractivity contribution in [2.24, 2.45) is 0 Å². The quantitative estimate of drug-likeness (QED) is 0.761. The van der Waals surface area contributed by atoms with Gasteiger partial charge in [-0.25, -0.2) is 0 Å². The number of hydrogen-bond donors (Lipinski definition) is 2. The molecular formula is C23H31N4O3+. The van der Waals surface area contributed by atoms with Crippen LogP contribution in [0.4, 0.5) is 0 Å². The van der Waals surface area contributed by atoms with E-state index in [-0.39, 0.29) is 18.4 Å². The van der Waals surface area contributed by atoms with E-state index >= 15 is 0 Å². The number of ether oxygens (including phenoxy) is 1. The molecule has 7 heteroatoms. The largest absolute Gasteiger partial charge is 0.370 e. The fourth-order valence-electron chi connectivity index (χ4n) is 5.56. The monoisotopic (exact) mass is 411 g/mol. The molecule has 3 aliphatic rings. The Hall–Kier alpha value is -2.38. The van der Waals surface area contributed by atoms with E-state index < -0.39 is 11.6 Å². The second kappa shape index (κ2) is 7.39. The van der Waals surface area contributed by atoms with Crippen molar-refractivity contribution in [2.75, 3.05) is 45.9 Å². The number of nitrogens with one attached hydrogen (secondary N) is 2. The van der Waals surface area contributed by atoms with Crippen molar-refractivity contribution in [2.45, 2.75) is 38.3 Å².